The summed E-state index contributed by atoms with van der Waals surface area (Å²) >= 11 is 0. The molecular weight excluding hydrogens is 271 g/mol. The molecule has 0 bridgehead atoms. The van der Waals surface area contributed by atoms with E-state index in [2.05, 4.69) is 5.32 Å². The van der Waals surface area contributed by atoms with Crippen LogP contribution in [0.2, 0.25) is 0 Å². The molecule has 0 aliphatic carbocycles. The molecule has 1 aromatic rings. The number of rotatable bonds is 3. The standard InChI is InChI=1S/C16H21FN2O2/c1-9(2)15-16(21)19(8-13(20)18-15)7-12-5-10(3)14(17)11(4)6-12/h5-6,9,15H,7-8H2,1-4H3,(H,18,20). The first-order valence-electron chi connectivity index (χ1n) is 7.13. The Morgan fingerprint density at radius 3 is 2.38 bits per heavy atom. The molecule has 1 aliphatic rings. The van der Waals surface area contributed by atoms with Gasteiger partial charge in [0.25, 0.3) is 0 Å². The molecule has 1 saturated heterocycles. The van der Waals surface area contributed by atoms with Crippen LogP contribution >= 0.6 is 0 Å². The van der Waals surface area contributed by atoms with Gasteiger partial charge in [0.15, 0.2) is 0 Å². The molecule has 1 fully saturated rings. The van der Waals surface area contributed by atoms with Crippen LogP contribution in [0.4, 0.5) is 4.39 Å². The average Bonchev–Trinajstić information content (AvgIpc) is 2.39. The first-order chi connectivity index (χ1) is 9.79. The largest absolute Gasteiger partial charge is 0.343 e. The summed E-state index contributed by atoms with van der Waals surface area (Å²) in [4.78, 5) is 25.7. The summed E-state index contributed by atoms with van der Waals surface area (Å²) in [6, 6.07) is 2.98. The summed E-state index contributed by atoms with van der Waals surface area (Å²) in [5.41, 5.74) is 1.95. The van der Waals surface area contributed by atoms with E-state index < -0.39 is 6.04 Å². The van der Waals surface area contributed by atoms with Crippen LogP contribution in [0.3, 0.4) is 0 Å². The van der Waals surface area contributed by atoms with Gasteiger partial charge in [-0.25, -0.2) is 4.39 Å². The van der Waals surface area contributed by atoms with E-state index in [-0.39, 0.29) is 30.1 Å². The molecule has 1 unspecified atom stereocenters. The minimum atomic E-state index is -0.478. The number of halogens is 1. The van der Waals surface area contributed by atoms with E-state index >= 15 is 0 Å². The van der Waals surface area contributed by atoms with Gasteiger partial charge >= 0.3 is 0 Å². The summed E-state index contributed by atoms with van der Waals surface area (Å²) in [6.45, 7) is 7.59. The van der Waals surface area contributed by atoms with Gasteiger partial charge in [0.1, 0.15) is 11.9 Å². The van der Waals surface area contributed by atoms with E-state index in [9.17, 15) is 14.0 Å². The highest BCUT2D eigenvalue weighted by Gasteiger charge is 2.34. The van der Waals surface area contributed by atoms with Crippen LogP contribution in [0, 0.1) is 25.6 Å². The van der Waals surface area contributed by atoms with Crippen molar-refractivity contribution in [3.05, 3.63) is 34.6 Å². The third-order valence-corrected chi connectivity index (χ3v) is 3.77. The minimum absolute atomic E-state index is 0.0425. The second-order valence-corrected chi connectivity index (χ2v) is 6.03. The Labute approximate surface area is 124 Å². The Bertz CT molecular complexity index is 561. The maximum atomic E-state index is 13.7. The molecule has 1 aromatic carbocycles. The first-order valence-corrected chi connectivity index (χ1v) is 7.13. The molecule has 114 valence electrons. The Balaban J connectivity index is 2.22. The van der Waals surface area contributed by atoms with Crippen LogP contribution in [0.1, 0.15) is 30.5 Å². The van der Waals surface area contributed by atoms with E-state index in [1.165, 1.54) is 4.90 Å². The Kier molecular flexibility index (Phi) is 4.30. The van der Waals surface area contributed by atoms with Crippen molar-refractivity contribution < 1.29 is 14.0 Å². The normalized spacial score (nSPS) is 19.1. The number of carbonyl (C=O) groups excluding carboxylic acids is 2. The van der Waals surface area contributed by atoms with Crippen molar-refractivity contribution in [1.82, 2.24) is 10.2 Å². The second-order valence-electron chi connectivity index (χ2n) is 6.03. The number of carbonyl (C=O) groups is 2. The van der Waals surface area contributed by atoms with Crippen molar-refractivity contribution in [2.75, 3.05) is 6.54 Å². The first kappa shape index (κ1) is 15.5. The van der Waals surface area contributed by atoms with Crippen LogP contribution in [-0.4, -0.2) is 29.3 Å². The highest BCUT2D eigenvalue weighted by atomic mass is 19.1. The molecule has 1 atom stereocenters. The van der Waals surface area contributed by atoms with E-state index in [1.54, 1.807) is 26.0 Å². The van der Waals surface area contributed by atoms with Gasteiger partial charge in [0.05, 0.1) is 6.54 Å². The van der Waals surface area contributed by atoms with Crippen LogP contribution in [-0.2, 0) is 16.1 Å². The van der Waals surface area contributed by atoms with E-state index in [1.807, 2.05) is 13.8 Å². The van der Waals surface area contributed by atoms with Crippen LogP contribution in [0.15, 0.2) is 12.1 Å². The average molecular weight is 292 g/mol. The van der Waals surface area contributed by atoms with Gasteiger partial charge in [-0.1, -0.05) is 26.0 Å². The molecule has 1 aliphatic heterocycles. The van der Waals surface area contributed by atoms with Crippen molar-refractivity contribution in [2.24, 2.45) is 5.92 Å². The van der Waals surface area contributed by atoms with Crippen LogP contribution in [0.25, 0.3) is 0 Å². The summed E-state index contributed by atoms with van der Waals surface area (Å²) in [7, 11) is 0. The van der Waals surface area contributed by atoms with Gasteiger partial charge in [-0.3, -0.25) is 9.59 Å². The molecule has 21 heavy (non-hydrogen) atoms. The summed E-state index contributed by atoms with van der Waals surface area (Å²) in [5.74, 6) is -0.407. The molecule has 4 nitrogen and oxygen atoms in total. The maximum absolute atomic E-state index is 13.7. The highest BCUT2D eigenvalue weighted by Crippen LogP contribution is 2.18. The van der Waals surface area contributed by atoms with E-state index in [0.717, 1.165) is 5.56 Å². The van der Waals surface area contributed by atoms with Crippen LogP contribution < -0.4 is 5.32 Å². The second kappa shape index (κ2) is 5.84. The SMILES string of the molecule is Cc1cc(CN2CC(=O)NC(C(C)C)C2=O)cc(C)c1F. The van der Waals surface area contributed by atoms with Gasteiger partial charge in [-0.15, -0.1) is 0 Å². The number of piperazine rings is 1. The molecule has 1 N–H and O–H groups in total. The zero-order chi connectivity index (χ0) is 15.7. The Hall–Kier alpha value is -1.91. The molecule has 0 aromatic heterocycles. The van der Waals surface area contributed by atoms with Gasteiger partial charge in [-0.2, -0.15) is 0 Å². The minimum Gasteiger partial charge on any atom is -0.343 e. The zero-order valence-electron chi connectivity index (χ0n) is 12.9. The van der Waals surface area contributed by atoms with Crippen molar-refractivity contribution in [2.45, 2.75) is 40.3 Å². The Morgan fingerprint density at radius 1 is 1.29 bits per heavy atom. The molecule has 0 radical (unpaired) electrons. The number of nitrogens with one attached hydrogen (secondary N) is 1. The van der Waals surface area contributed by atoms with E-state index in [4.69, 9.17) is 0 Å². The number of amides is 2. The topological polar surface area (TPSA) is 49.4 Å². The summed E-state index contributed by atoms with van der Waals surface area (Å²) in [6.07, 6.45) is 0. The smallest absolute Gasteiger partial charge is 0.246 e. The predicted molar refractivity (Wildman–Crippen MR) is 78.1 cm³/mol. The number of aryl methyl sites for hydroxylation is 2. The van der Waals surface area contributed by atoms with Crippen molar-refractivity contribution in [1.29, 1.82) is 0 Å². The summed E-state index contributed by atoms with van der Waals surface area (Å²) < 4.78 is 13.7. The number of nitrogens with zero attached hydrogens (tertiary/aromatic N) is 1. The molecule has 2 rings (SSSR count). The number of hydrogen-bond donors (Lipinski definition) is 1. The molecule has 0 spiro atoms. The maximum Gasteiger partial charge on any atom is 0.246 e. The van der Waals surface area contributed by atoms with Gasteiger partial charge < -0.3 is 10.2 Å². The van der Waals surface area contributed by atoms with Crippen LogP contribution in [0.5, 0.6) is 0 Å². The third-order valence-electron chi connectivity index (χ3n) is 3.77. The fourth-order valence-corrected chi connectivity index (χ4v) is 2.66. The summed E-state index contributed by atoms with van der Waals surface area (Å²) in [5, 5.41) is 2.72. The van der Waals surface area contributed by atoms with Crippen molar-refractivity contribution >= 4 is 11.8 Å². The fourth-order valence-electron chi connectivity index (χ4n) is 2.66. The quantitative estimate of drug-likeness (QED) is 0.925. The zero-order valence-corrected chi connectivity index (χ0v) is 12.9. The fraction of sp³-hybridized carbons (Fsp3) is 0.500. The van der Waals surface area contributed by atoms with Gasteiger partial charge in [0, 0.05) is 6.54 Å². The molecule has 0 saturated carbocycles. The lowest BCUT2D eigenvalue weighted by Gasteiger charge is -2.34. The third kappa shape index (κ3) is 3.23. The van der Waals surface area contributed by atoms with E-state index in [0.29, 0.717) is 17.7 Å². The highest BCUT2D eigenvalue weighted by molar-refractivity contribution is 5.94. The predicted octanol–water partition coefficient (Wildman–Crippen LogP) is 1.93. The van der Waals surface area contributed by atoms with Crippen molar-refractivity contribution in [3.8, 4) is 0 Å². The lowest BCUT2D eigenvalue weighted by molar-refractivity contribution is -0.146. The monoisotopic (exact) mass is 292 g/mol. The molecule has 2 amide bonds. The van der Waals surface area contributed by atoms with Gasteiger partial charge in [-0.05, 0) is 36.5 Å². The van der Waals surface area contributed by atoms with Gasteiger partial charge in [0.2, 0.25) is 11.8 Å². The molecule has 5 heteroatoms. The lowest BCUT2D eigenvalue weighted by atomic mass is 9.99. The lowest BCUT2D eigenvalue weighted by Crippen LogP contribution is -2.59. The Morgan fingerprint density at radius 2 is 1.86 bits per heavy atom. The van der Waals surface area contributed by atoms with Crippen molar-refractivity contribution in [3.63, 3.8) is 0 Å². The molecule has 1 heterocycles. The number of hydrogen-bond acceptors (Lipinski definition) is 2. The number of benzene rings is 1. The molecular formula is C16H21FN2O2.